The van der Waals surface area contributed by atoms with E-state index in [1.54, 1.807) is 0 Å². The number of halogens is 2. The number of nitrogens with one attached hydrogen (secondary N) is 1. The van der Waals surface area contributed by atoms with Crippen molar-refractivity contribution in [1.82, 2.24) is 5.32 Å². The fourth-order valence-electron chi connectivity index (χ4n) is 1.39. The Labute approximate surface area is 109 Å². The van der Waals surface area contributed by atoms with Gasteiger partial charge in [-0.2, -0.15) is 0 Å². The summed E-state index contributed by atoms with van der Waals surface area (Å²) in [6, 6.07) is 3.86. The molecule has 0 spiro atoms. The lowest BCUT2D eigenvalue weighted by Gasteiger charge is -2.12. The van der Waals surface area contributed by atoms with Crippen LogP contribution in [-0.4, -0.2) is 11.9 Å². The highest BCUT2D eigenvalue weighted by Crippen LogP contribution is 2.15. The minimum absolute atomic E-state index is 0.00396. The molecule has 0 heterocycles. The van der Waals surface area contributed by atoms with Gasteiger partial charge in [-0.3, -0.25) is 4.79 Å². The summed E-state index contributed by atoms with van der Waals surface area (Å²) in [5.41, 5.74) is -0.00396. The van der Waals surface area contributed by atoms with Crippen LogP contribution in [0.3, 0.4) is 0 Å². The molecular weight excluding hydrogens is 285 g/mol. The fourth-order valence-corrected chi connectivity index (χ4v) is 1.75. The van der Waals surface area contributed by atoms with E-state index in [1.165, 1.54) is 18.2 Å². The van der Waals surface area contributed by atoms with Crippen molar-refractivity contribution in [1.29, 1.82) is 0 Å². The minimum Gasteiger partial charge on any atom is -0.338 e. The van der Waals surface area contributed by atoms with Gasteiger partial charge < -0.3 is 5.32 Å². The van der Waals surface area contributed by atoms with Crippen molar-refractivity contribution in [2.24, 2.45) is 0 Å². The van der Waals surface area contributed by atoms with E-state index in [-0.39, 0.29) is 11.6 Å². The quantitative estimate of drug-likeness (QED) is 0.850. The fraction of sp³-hybridized carbons (Fsp3) is 0.308. The highest BCUT2D eigenvalue weighted by Gasteiger charge is 2.15. The molecule has 0 fully saturated rings. The zero-order valence-corrected chi connectivity index (χ0v) is 11.1. The van der Waals surface area contributed by atoms with Crippen LogP contribution in [0.25, 0.3) is 0 Å². The molecule has 4 heteroatoms. The topological polar surface area (TPSA) is 29.1 Å². The molecule has 90 valence electrons. The van der Waals surface area contributed by atoms with Crippen molar-refractivity contribution in [3.63, 3.8) is 0 Å². The maximum Gasteiger partial charge on any atom is 0.255 e. The monoisotopic (exact) mass is 297 g/mol. The second-order valence-corrected chi connectivity index (χ2v) is 4.52. The standard InChI is InChI=1S/C13H13BrFNO/c1-3-5-10(4-2)16-13(17)11-8-9(14)6-7-12(11)15/h2,6-8,10H,3,5H2,1H3,(H,16,17). The van der Waals surface area contributed by atoms with Crippen LogP contribution in [0.5, 0.6) is 0 Å². The normalized spacial score (nSPS) is 11.6. The van der Waals surface area contributed by atoms with Gasteiger partial charge in [-0.15, -0.1) is 6.42 Å². The molecule has 1 N–H and O–H groups in total. The maximum absolute atomic E-state index is 13.4. The third kappa shape index (κ3) is 3.86. The number of benzene rings is 1. The van der Waals surface area contributed by atoms with Crippen LogP contribution in [0.1, 0.15) is 30.1 Å². The summed E-state index contributed by atoms with van der Waals surface area (Å²) in [6.45, 7) is 1.97. The first kappa shape index (κ1) is 13.7. The molecule has 0 bridgehead atoms. The number of carbonyl (C=O) groups excluding carboxylic acids is 1. The van der Waals surface area contributed by atoms with Crippen molar-refractivity contribution in [2.45, 2.75) is 25.8 Å². The van der Waals surface area contributed by atoms with Crippen LogP contribution in [0.4, 0.5) is 4.39 Å². The molecule has 1 unspecified atom stereocenters. The van der Waals surface area contributed by atoms with Crippen molar-refractivity contribution in [2.75, 3.05) is 0 Å². The molecule has 1 amide bonds. The summed E-state index contributed by atoms with van der Waals surface area (Å²) in [4.78, 5) is 11.8. The Kier molecular flexibility index (Phi) is 5.17. The second-order valence-electron chi connectivity index (χ2n) is 3.61. The van der Waals surface area contributed by atoms with E-state index in [2.05, 4.69) is 27.2 Å². The smallest absolute Gasteiger partial charge is 0.255 e. The van der Waals surface area contributed by atoms with Crippen LogP contribution in [0.15, 0.2) is 22.7 Å². The van der Waals surface area contributed by atoms with Crippen LogP contribution in [0.2, 0.25) is 0 Å². The number of rotatable bonds is 4. The van der Waals surface area contributed by atoms with Gasteiger partial charge >= 0.3 is 0 Å². The molecule has 0 aliphatic heterocycles. The van der Waals surface area contributed by atoms with E-state index in [9.17, 15) is 9.18 Å². The molecular formula is C13H13BrFNO. The van der Waals surface area contributed by atoms with Crippen LogP contribution >= 0.6 is 15.9 Å². The molecule has 1 aromatic rings. The van der Waals surface area contributed by atoms with E-state index >= 15 is 0 Å². The highest BCUT2D eigenvalue weighted by molar-refractivity contribution is 9.10. The second kappa shape index (κ2) is 6.41. The van der Waals surface area contributed by atoms with Gasteiger partial charge in [0.15, 0.2) is 0 Å². The Balaban J connectivity index is 2.83. The lowest BCUT2D eigenvalue weighted by Crippen LogP contribution is -2.34. The molecule has 0 saturated carbocycles. The molecule has 1 rings (SSSR count). The Morgan fingerprint density at radius 1 is 1.65 bits per heavy atom. The Bertz CT molecular complexity index is 453. The Morgan fingerprint density at radius 2 is 2.35 bits per heavy atom. The summed E-state index contributed by atoms with van der Waals surface area (Å²) in [5, 5.41) is 2.62. The van der Waals surface area contributed by atoms with Crippen LogP contribution < -0.4 is 5.32 Å². The zero-order chi connectivity index (χ0) is 12.8. The summed E-state index contributed by atoms with van der Waals surface area (Å²) in [6.07, 6.45) is 6.82. The van der Waals surface area contributed by atoms with E-state index in [0.717, 1.165) is 6.42 Å². The summed E-state index contributed by atoms with van der Waals surface area (Å²) in [5.74, 6) is 1.43. The number of amides is 1. The Hall–Kier alpha value is -1.34. The van der Waals surface area contributed by atoms with Crippen LogP contribution in [-0.2, 0) is 0 Å². The van der Waals surface area contributed by atoms with Gasteiger partial charge in [0.2, 0.25) is 0 Å². The number of hydrogen-bond donors (Lipinski definition) is 1. The van der Waals surface area contributed by atoms with Crippen molar-refractivity contribution < 1.29 is 9.18 Å². The predicted octanol–water partition coefficient (Wildman–Crippen LogP) is 3.12. The van der Waals surface area contributed by atoms with Crippen molar-refractivity contribution in [3.8, 4) is 12.3 Å². The first-order valence-electron chi connectivity index (χ1n) is 5.30. The summed E-state index contributed by atoms with van der Waals surface area (Å²) < 4.78 is 14.1. The SMILES string of the molecule is C#CC(CCC)NC(=O)c1cc(Br)ccc1F. The number of terminal acetylenes is 1. The molecule has 0 saturated heterocycles. The largest absolute Gasteiger partial charge is 0.338 e. The number of carbonyl (C=O) groups is 1. The minimum atomic E-state index is -0.557. The molecule has 0 aromatic heterocycles. The predicted molar refractivity (Wildman–Crippen MR) is 69.1 cm³/mol. The van der Waals surface area contributed by atoms with Gasteiger partial charge in [0.25, 0.3) is 5.91 Å². The van der Waals surface area contributed by atoms with Gasteiger partial charge in [0, 0.05) is 4.47 Å². The summed E-state index contributed by atoms with van der Waals surface area (Å²) >= 11 is 3.19. The van der Waals surface area contributed by atoms with Gasteiger partial charge in [-0.05, 0) is 24.6 Å². The highest BCUT2D eigenvalue weighted by atomic mass is 79.9. The van der Waals surface area contributed by atoms with E-state index < -0.39 is 11.7 Å². The first-order chi connectivity index (χ1) is 8.08. The van der Waals surface area contributed by atoms with Crippen molar-refractivity contribution in [3.05, 3.63) is 34.1 Å². The van der Waals surface area contributed by atoms with Crippen molar-refractivity contribution >= 4 is 21.8 Å². The molecule has 0 aliphatic rings. The van der Waals surface area contributed by atoms with Gasteiger partial charge in [0.05, 0.1) is 11.6 Å². The average Bonchev–Trinajstić information content (AvgIpc) is 2.31. The third-order valence-electron chi connectivity index (χ3n) is 2.26. The first-order valence-corrected chi connectivity index (χ1v) is 6.09. The lowest BCUT2D eigenvalue weighted by atomic mass is 10.1. The van der Waals surface area contributed by atoms with E-state index in [4.69, 9.17) is 6.42 Å². The number of hydrogen-bond acceptors (Lipinski definition) is 1. The lowest BCUT2D eigenvalue weighted by molar-refractivity contribution is 0.0940. The third-order valence-corrected chi connectivity index (χ3v) is 2.75. The molecule has 0 radical (unpaired) electrons. The van der Waals surface area contributed by atoms with Crippen LogP contribution in [0, 0.1) is 18.2 Å². The van der Waals surface area contributed by atoms with Gasteiger partial charge in [0.1, 0.15) is 5.82 Å². The average molecular weight is 298 g/mol. The van der Waals surface area contributed by atoms with E-state index in [0.29, 0.717) is 10.9 Å². The molecule has 2 nitrogen and oxygen atoms in total. The Morgan fingerprint density at radius 3 is 2.94 bits per heavy atom. The molecule has 1 atom stereocenters. The molecule has 0 aliphatic carbocycles. The molecule has 17 heavy (non-hydrogen) atoms. The summed E-state index contributed by atoms with van der Waals surface area (Å²) in [7, 11) is 0. The molecule has 1 aromatic carbocycles. The zero-order valence-electron chi connectivity index (χ0n) is 9.47. The van der Waals surface area contributed by atoms with Gasteiger partial charge in [-0.25, -0.2) is 4.39 Å². The van der Waals surface area contributed by atoms with Gasteiger partial charge in [-0.1, -0.05) is 35.2 Å². The van der Waals surface area contributed by atoms with E-state index in [1.807, 2.05) is 6.92 Å². The maximum atomic E-state index is 13.4.